The van der Waals surface area contributed by atoms with Crippen LogP contribution in [0.5, 0.6) is 0 Å². The molecule has 7 nitrogen and oxygen atoms in total. The summed E-state index contributed by atoms with van der Waals surface area (Å²) in [5.74, 6) is -0.319. The Morgan fingerprint density at radius 1 is 1.20 bits per heavy atom. The fourth-order valence-electron chi connectivity index (χ4n) is 2.15. The average Bonchev–Trinajstić information content (AvgIpc) is 2.73. The van der Waals surface area contributed by atoms with E-state index in [-0.39, 0.29) is 5.56 Å². The molecule has 5 atom stereocenters. The summed E-state index contributed by atoms with van der Waals surface area (Å²) in [6, 6.07) is 0. The quantitative estimate of drug-likeness (QED) is 0.515. The van der Waals surface area contributed by atoms with E-state index in [2.05, 4.69) is 0 Å². The van der Waals surface area contributed by atoms with Gasteiger partial charge in [0, 0.05) is 5.56 Å². The Hall–Kier alpha value is -1.41. The summed E-state index contributed by atoms with van der Waals surface area (Å²) in [5.41, 5.74) is 0.862. The molecule has 0 bridgehead atoms. The van der Waals surface area contributed by atoms with Gasteiger partial charge in [-0.2, -0.15) is 0 Å². The van der Waals surface area contributed by atoms with Crippen molar-refractivity contribution >= 4 is 5.97 Å². The molecule has 0 saturated carbocycles. The maximum absolute atomic E-state index is 12.0. The van der Waals surface area contributed by atoms with E-state index in [1.54, 1.807) is 13.8 Å². The normalized spacial score (nSPS) is 34.0. The van der Waals surface area contributed by atoms with E-state index < -0.39 is 36.7 Å². The molecule has 112 valence electrons. The molecular formula is C13H18O7. The van der Waals surface area contributed by atoms with Crippen LogP contribution in [0.4, 0.5) is 0 Å². The van der Waals surface area contributed by atoms with Crippen LogP contribution in [-0.2, 0) is 9.47 Å². The molecule has 1 aliphatic heterocycles. The van der Waals surface area contributed by atoms with Crippen molar-refractivity contribution in [2.45, 2.75) is 51.5 Å². The zero-order valence-corrected chi connectivity index (χ0v) is 11.4. The van der Waals surface area contributed by atoms with Gasteiger partial charge in [-0.1, -0.05) is 0 Å². The molecule has 1 aromatic rings. The van der Waals surface area contributed by atoms with Gasteiger partial charge in [-0.05, 0) is 20.8 Å². The number of furan rings is 1. The summed E-state index contributed by atoms with van der Waals surface area (Å²) in [4.78, 5) is 12.0. The summed E-state index contributed by atoms with van der Waals surface area (Å²) >= 11 is 0. The van der Waals surface area contributed by atoms with Gasteiger partial charge in [0.25, 0.3) is 0 Å². The Morgan fingerprint density at radius 3 is 2.40 bits per heavy atom. The van der Waals surface area contributed by atoms with Crippen LogP contribution in [0.25, 0.3) is 0 Å². The lowest BCUT2D eigenvalue weighted by Crippen LogP contribution is -2.57. The van der Waals surface area contributed by atoms with Crippen molar-refractivity contribution in [2.24, 2.45) is 0 Å². The van der Waals surface area contributed by atoms with Crippen LogP contribution in [0, 0.1) is 13.8 Å². The fourth-order valence-corrected chi connectivity index (χ4v) is 2.15. The lowest BCUT2D eigenvalue weighted by molar-refractivity contribution is -0.276. The number of esters is 1. The number of hydrogen-bond donors (Lipinski definition) is 3. The molecular weight excluding hydrogens is 274 g/mol. The maximum atomic E-state index is 12.0. The third-order valence-corrected chi connectivity index (χ3v) is 3.39. The number of carbonyl (C=O) groups excluding carboxylic acids is 1. The standard InChI is InChI=1S/C13H18O7/c1-5-4-18-6(2)8(5)12(17)20-13-11(16)10(15)9(14)7(3)19-13/h4,7,9-11,13-16H,1-3H3/t7-,9-,10+,11+,13-/m0/s1/i3+1,7+1,9+1,10+1,11+1,13+1. The largest absolute Gasteiger partial charge is 0.468 e. The highest BCUT2D eigenvalue weighted by Gasteiger charge is 2.44. The van der Waals surface area contributed by atoms with E-state index in [0.29, 0.717) is 11.3 Å². The molecule has 2 rings (SSSR count). The highest BCUT2D eigenvalue weighted by molar-refractivity contribution is 5.92. The molecule has 0 aliphatic carbocycles. The number of ether oxygens (including phenoxy) is 2. The van der Waals surface area contributed by atoms with E-state index in [1.807, 2.05) is 0 Å². The number of hydrogen-bond acceptors (Lipinski definition) is 7. The Kier molecular flexibility index (Phi) is 4.14. The highest BCUT2D eigenvalue weighted by Crippen LogP contribution is 2.24. The second-order valence-corrected chi connectivity index (χ2v) is 4.94. The minimum Gasteiger partial charge on any atom is -0.468 e. The third-order valence-electron chi connectivity index (χ3n) is 3.39. The lowest BCUT2D eigenvalue weighted by Gasteiger charge is -2.38. The highest BCUT2D eigenvalue weighted by atomic mass is 16.9. The first-order chi connectivity index (χ1) is 9.32. The van der Waals surface area contributed by atoms with Crippen LogP contribution in [0.1, 0.15) is 28.6 Å². The summed E-state index contributed by atoms with van der Waals surface area (Å²) in [5, 5.41) is 29.0. The molecule has 1 saturated heterocycles. The predicted molar refractivity (Wildman–Crippen MR) is 66.0 cm³/mol. The number of aryl methyl sites for hydroxylation is 2. The summed E-state index contributed by atoms with van der Waals surface area (Å²) in [7, 11) is 0. The Labute approximate surface area is 115 Å². The van der Waals surface area contributed by atoms with Crippen LogP contribution < -0.4 is 0 Å². The van der Waals surface area contributed by atoms with Gasteiger partial charge in [0.15, 0.2) is 0 Å². The maximum Gasteiger partial charge on any atom is 0.344 e. The average molecular weight is 292 g/mol. The van der Waals surface area contributed by atoms with Crippen molar-refractivity contribution < 1.29 is 34.0 Å². The molecule has 1 fully saturated rings. The van der Waals surface area contributed by atoms with Gasteiger partial charge in [-0.15, -0.1) is 0 Å². The molecule has 7 heteroatoms. The number of rotatable bonds is 2. The zero-order valence-electron chi connectivity index (χ0n) is 11.4. The minimum absolute atomic E-state index is 0.258. The second kappa shape index (κ2) is 5.53. The van der Waals surface area contributed by atoms with Crippen molar-refractivity contribution in [2.75, 3.05) is 0 Å². The van der Waals surface area contributed by atoms with Gasteiger partial charge < -0.3 is 29.2 Å². The van der Waals surface area contributed by atoms with Gasteiger partial charge in [0.05, 0.1) is 12.4 Å². The van der Waals surface area contributed by atoms with Crippen molar-refractivity contribution in [1.29, 1.82) is 0 Å². The number of aliphatic hydroxyl groups is 3. The molecule has 0 spiro atoms. The zero-order chi connectivity index (χ0) is 15.0. The molecule has 0 aromatic carbocycles. The summed E-state index contributed by atoms with van der Waals surface area (Å²) in [6.45, 7) is 4.81. The molecule has 0 radical (unpaired) electrons. The van der Waals surface area contributed by atoms with Crippen LogP contribution >= 0.6 is 0 Å². The van der Waals surface area contributed by atoms with Crippen LogP contribution in [-0.4, -0.2) is 52.0 Å². The third kappa shape index (κ3) is 2.57. The van der Waals surface area contributed by atoms with Crippen LogP contribution in [0.15, 0.2) is 10.7 Å². The number of carbonyl (C=O) groups is 1. The second-order valence-electron chi connectivity index (χ2n) is 4.94. The van der Waals surface area contributed by atoms with Gasteiger partial charge in [0.2, 0.25) is 6.29 Å². The minimum atomic E-state index is -1.52. The summed E-state index contributed by atoms with van der Waals surface area (Å²) < 4.78 is 15.4. The fraction of sp³-hybridized carbons (Fsp3) is 0.615. The first-order valence-corrected chi connectivity index (χ1v) is 6.28. The monoisotopic (exact) mass is 292 g/mol. The van der Waals surface area contributed by atoms with Gasteiger partial charge in [0.1, 0.15) is 29.6 Å². The van der Waals surface area contributed by atoms with Crippen LogP contribution in [0.2, 0.25) is 0 Å². The molecule has 0 unspecified atom stereocenters. The van der Waals surface area contributed by atoms with Gasteiger partial charge >= 0.3 is 5.97 Å². The SMILES string of the molecule is Cc1coc(C)c1C(=O)O[13C@@H]1O[13C@@H]([13CH3])[13C@H](O)[13C@@H](O)[13C@H]1O. The van der Waals surface area contributed by atoms with E-state index >= 15 is 0 Å². The molecule has 1 aliphatic rings. The van der Waals surface area contributed by atoms with E-state index in [0.717, 1.165) is 0 Å². The first kappa shape index (κ1) is 15.0. The van der Waals surface area contributed by atoms with Crippen molar-refractivity contribution in [1.82, 2.24) is 0 Å². The van der Waals surface area contributed by atoms with Crippen molar-refractivity contribution in [3.05, 3.63) is 23.2 Å². The van der Waals surface area contributed by atoms with Crippen molar-refractivity contribution in [3.8, 4) is 0 Å². The Bertz CT molecular complexity index is 475. The number of aliphatic hydroxyl groups excluding tert-OH is 3. The van der Waals surface area contributed by atoms with E-state index in [4.69, 9.17) is 13.9 Å². The smallest absolute Gasteiger partial charge is 0.344 e. The summed E-state index contributed by atoms with van der Waals surface area (Å²) in [6.07, 6.45) is -4.88. The Balaban J connectivity index is 2.12. The van der Waals surface area contributed by atoms with E-state index in [9.17, 15) is 20.1 Å². The molecule has 3 N–H and O–H groups in total. The molecule has 20 heavy (non-hydrogen) atoms. The van der Waals surface area contributed by atoms with Gasteiger partial charge in [-0.25, -0.2) is 4.79 Å². The molecule has 1 aromatic heterocycles. The van der Waals surface area contributed by atoms with Crippen molar-refractivity contribution in [3.63, 3.8) is 0 Å². The van der Waals surface area contributed by atoms with E-state index in [1.165, 1.54) is 13.2 Å². The Morgan fingerprint density at radius 2 is 1.85 bits per heavy atom. The lowest BCUT2D eigenvalue weighted by atomic mass is 10.2. The molecule has 0 amide bonds. The predicted octanol–water partition coefficient (Wildman–Crippen LogP) is -0.119. The first-order valence-electron chi connectivity index (χ1n) is 6.28. The molecule has 2 heterocycles. The topological polar surface area (TPSA) is 109 Å². The van der Waals surface area contributed by atoms with Crippen LogP contribution in [0.3, 0.4) is 0 Å². The van der Waals surface area contributed by atoms with Gasteiger partial charge in [-0.3, -0.25) is 0 Å².